The number of benzene rings is 1. The summed E-state index contributed by atoms with van der Waals surface area (Å²) in [5.41, 5.74) is 2.16. The van der Waals surface area contributed by atoms with Gasteiger partial charge in [-0.3, -0.25) is 10.1 Å². The maximum absolute atomic E-state index is 11.8. The van der Waals surface area contributed by atoms with Crippen molar-refractivity contribution in [1.29, 1.82) is 0 Å². The largest absolute Gasteiger partial charge is 0.338 e. The van der Waals surface area contributed by atoms with Gasteiger partial charge in [0, 0.05) is 12.3 Å². The number of urea groups is 1. The van der Waals surface area contributed by atoms with Gasteiger partial charge in [0.1, 0.15) is 4.38 Å². The summed E-state index contributed by atoms with van der Waals surface area (Å²) in [6.07, 6.45) is 0.892. The number of aliphatic imine (C=N–C) groups is 1. The Kier molecular flexibility index (Phi) is 6.98. The molecule has 0 spiro atoms. The normalized spacial score (nSPS) is 13.3. The van der Waals surface area contributed by atoms with E-state index >= 15 is 0 Å². The molecule has 1 aliphatic rings. The van der Waals surface area contributed by atoms with E-state index in [2.05, 4.69) is 35.5 Å². The average Bonchev–Trinajstić information content (AvgIpc) is 2.52. The van der Waals surface area contributed by atoms with Gasteiger partial charge in [-0.15, -0.1) is 0 Å². The van der Waals surface area contributed by atoms with Crippen LogP contribution in [0.3, 0.4) is 0 Å². The molecule has 0 bridgehead atoms. The van der Waals surface area contributed by atoms with Gasteiger partial charge in [-0.1, -0.05) is 55.6 Å². The molecule has 0 atom stereocenters. The Morgan fingerprint density at radius 2 is 2.13 bits per heavy atom. The van der Waals surface area contributed by atoms with Gasteiger partial charge < -0.3 is 5.32 Å². The molecule has 5 nitrogen and oxygen atoms in total. The highest BCUT2D eigenvalue weighted by Gasteiger charge is 2.15. The van der Waals surface area contributed by atoms with Crippen LogP contribution in [-0.2, 0) is 10.5 Å². The molecule has 2 rings (SSSR count). The molecule has 7 heteroatoms. The van der Waals surface area contributed by atoms with E-state index in [1.54, 1.807) is 11.8 Å². The minimum absolute atomic E-state index is 0.186. The van der Waals surface area contributed by atoms with E-state index in [1.165, 1.54) is 17.3 Å². The quantitative estimate of drug-likeness (QED) is 0.851. The van der Waals surface area contributed by atoms with Crippen molar-refractivity contribution in [2.24, 2.45) is 10.9 Å². The second-order valence-electron chi connectivity index (χ2n) is 5.57. The number of rotatable bonds is 5. The van der Waals surface area contributed by atoms with Gasteiger partial charge in [-0.2, -0.15) is 0 Å². The molecule has 1 aromatic rings. The zero-order valence-corrected chi connectivity index (χ0v) is 14.9. The van der Waals surface area contributed by atoms with E-state index in [9.17, 15) is 9.59 Å². The van der Waals surface area contributed by atoms with E-state index < -0.39 is 6.03 Å². The van der Waals surface area contributed by atoms with E-state index in [4.69, 9.17) is 0 Å². The molecule has 124 valence electrons. The average molecular weight is 351 g/mol. The first kappa shape index (κ1) is 17.9. The number of amides is 3. The SMILES string of the molecule is CC(C)CCNC(=O)NC(=O)CSC1=Nc2ccccc2CS1. The monoisotopic (exact) mass is 351 g/mol. The van der Waals surface area contributed by atoms with Crippen molar-refractivity contribution in [2.75, 3.05) is 12.3 Å². The molecule has 23 heavy (non-hydrogen) atoms. The lowest BCUT2D eigenvalue weighted by atomic mass is 10.1. The van der Waals surface area contributed by atoms with Crippen LogP contribution in [0.1, 0.15) is 25.8 Å². The highest BCUT2D eigenvalue weighted by atomic mass is 32.2. The van der Waals surface area contributed by atoms with Crippen molar-refractivity contribution in [3.05, 3.63) is 29.8 Å². The number of fused-ring (bicyclic) bond motifs is 1. The molecule has 2 N–H and O–H groups in total. The van der Waals surface area contributed by atoms with Crippen LogP contribution in [0.25, 0.3) is 0 Å². The Morgan fingerprint density at radius 3 is 2.91 bits per heavy atom. The first-order valence-electron chi connectivity index (χ1n) is 7.54. The highest BCUT2D eigenvalue weighted by molar-refractivity contribution is 8.38. The van der Waals surface area contributed by atoms with Crippen LogP contribution in [0.15, 0.2) is 29.3 Å². The van der Waals surface area contributed by atoms with Crippen molar-refractivity contribution in [1.82, 2.24) is 10.6 Å². The summed E-state index contributed by atoms with van der Waals surface area (Å²) in [6.45, 7) is 4.74. The lowest BCUT2D eigenvalue weighted by molar-refractivity contribution is -0.117. The van der Waals surface area contributed by atoms with Crippen molar-refractivity contribution >= 4 is 45.5 Å². The van der Waals surface area contributed by atoms with Crippen LogP contribution < -0.4 is 10.6 Å². The molecule has 0 fully saturated rings. The van der Waals surface area contributed by atoms with Gasteiger partial charge in [0.05, 0.1) is 11.4 Å². The molecule has 1 heterocycles. The van der Waals surface area contributed by atoms with E-state index in [0.717, 1.165) is 22.2 Å². The fourth-order valence-corrected chi connectivity index (χ4v) is 3.76. The van der Waals surface area contributed by atoms with E-state index in [1.807, 2.05) is 18.2 Å². The topological polar surface area (TPSA) is 70.6 Å². The van der Waals surface area contributed by atoms with E-state index in [0.29, 0.717) is 12.5 Å². The molecule has 0 unspecified atom stereocenters. The van der Waals surface area contributed by atoms with Gasteiger partial charge in [0.15, 0.2) is 0 Å². The standard InChI is InChI=1S/C16H21N3O2S2/c1-11(2)7-8-17-15(21)19-14(20)10-23-16-18-13-6-4-3-5-12(13)9-22-16/h3-6,11H,7-10H2,1-2H3,(H2,17,19,20,21). The summed E-state index contributed by atoms with van der Waals surface area (Å²) >= 11 is 2.98. The second kappa shape index (κ2) is 8.98. The first-order chi connectivity index (χ1) is 11.0. The summed E-state index contributed by atoms with van der Waals surface area (Å²) < 4.78 is 0.860. The number of hydrogen-bond donors (Lipinski definition) is 2. The number of nitrogens with one attached hydrogen (secondary N) is 2. The smallest absolute Gasteiger partial charge is 0.321 e. The van der Waals surface area contributed by atoms with Crippen molar-refractivity contribution in [3.63, 3.8) is 0 Å². The number of thioether (sulfide) groups is 2. The number of hydrogen-bond acceptors (Lipinski definition) is 5. The van der Waals surface area contributed by atoms with Gasteiger partial charge >= 0.3 is 6.03 Å². The molecular weight excluding hydrogens is 330 g/mol. The molecule has 1 aromatic carbocycles. The molecule has 0 aliphatic carbocycles. The number of carbonyl (C=O) groups excluding carboxylic acids is 2. The molecule has 1 aliphatic heterocycles. The van der Waals surface area contributed by atoms with Crippen LogP contribution in [0.4, 0.5) is 10.5 Å². The van der Waals surface area contributed by atoms with E-state index in [-0.39, 0.29) is 11.7 Å². The minimum atomic E-state index is -0.431. The van der Waals surface area contributed by atoms with Crippen LogP contribution in [0, 0.1) is 5.92 Å². The summed E-state index contributed by atoms with van der Waals surface area (Å²) in [5.74, 6) is 1.26. The van der Waals surface area contributed by atoms with Crippen molar-refractivity contribution < 1.29 is 9.59 Å². The van der Waals surface area contributed by atoms with Crippen LogP contribution >= 0.6 is 23.5 Å². The zero-order valence-electron chi connectivity index (χ0n) is 13.3. The fourth-order valence-electron chi connectivity index (χ4n) is 1.89. The summed E-state index contributed by atoms with van der Waals surface area (Å²) in [4.78, 5) is 27.9. The van der Waals surface area contributed by atoms with Gasteiger partial charge in [0.2, 0.25) is 5.91 Å². The van der Waals surface area contributed by atoms with Gasteiger partial charge in [-0.05, 0) is 24.0 Å². The maximum Gasteiger partial charge on any atom is 0.321 e. The zero-order chi connectivity index (χ0) is 16.7. The number of carbonyl (C=O) groups is 2. The predicted octanol–water partition coefficient (Wildman–Crippen LogP) is 3.53. The third kappa shape index (κ3) is 6.27. The Balaban J connectivity index is 1.73. The summed E-state index contributed by atoms with van der Waals surface area (Å²) in [5, 5.41) is 5.02. The molecular formula is C16H21N3O2S2. The van der Waals surface area contributed by atoms with Gasteiger partial charge in [0.25, 0.3) is 0 Å². The molecule has 0 aromatic heterocycles. The Bertz CT molecular complexity index is 603. The lowest BCUT2D eigenvalue weighted by Gasteiger charge is -2.14. The first-order valence-corrected chi connectivity index (χ1v) is 9.51. The van der Waals surface area contributed by atoms with Crippen molar-refractivity contribution in [2.45, 2.75) is 26.0 Å². The summed E-state index contributed by atoms with van der Waals surface area (Å²) in [6, 6.07) is 7.55. The molecule has 3 amide bonds. The third-order valence-electron chi connectivity index (χ3n) is 3.14. The van der Waals surface area contributed by atoms with Gasteiger partial charge in [-0.25, -0.2) is 9.79 Å². The Morgan fingerprint density at radius 1 is 1.35 bits per heavy atom. The minimum Gasteiger partial charge on any atom is -0.338 e. The molecule has 0 saturated heterocycles. The number of imide groups is 1. The third-order valence-corrected chi connectivity index (χ3v) is 5.39. The maximum atomic E-state index is 11.8. The summed E-state index contributed by atoms with van der Waals surface area (Å²) in [7, 11) is 0. The Hall–Kier alpha value is -1.47. The second-order valence-corrected chi connectivity index (χ2v) is 7.76. The fraction of sp³-hybridized carbons (Fsp3) is 0.438. The van der Waals surface area contributed by atoms with Crippen LogP contribution in [0.5, 0.6) is 0 Å². The molecule has 0 saturated carbocycles. The van der Waals surface area contributed by atoms with Crippen molar-refractivity contribution in [3.8, 4) is 0 Å². The molecule has 0 radical (unpaired) electrons. The number of nitrogens with zero attached hydrogens (tertiary/aromatic N) is 1. The predicted molar refractivity (Wildman–Crippen MR) is 98.3 cm³/mol. The van der Waals surface area contributed by atoms with Crippen LogP contribution in [-0.4, -0.2) is 28.6 Å². The highest BCUT2D eigenvalue weighted by Crippen LogP contribution is 2.34. The number of para-hydroxylation sites is 1. The lowest BCUT2D eigenvalue weighted by Crippen LogP contribution is -2.41. The van der Waals surface area contributed by atoms with Crippen LogP contribution in [0.2, 0.25) is 0 Å². The Labute approximate surface area is 145 Å².